The normalized spacial score (nSPS) is 20.6. The van der Waals surface area contributed by atoms with E-state index in [9.17, 15) is 32.1 Å². The molecule has 0 aliphatic carbocycles. The maximum Gasteiger partial charge on any atom is 0.346 e. The zero-order valence-electron chi connectivity index (χ0n) is 12.2. The number of nitro benzene ring substituents is 1. The predicted molar refractivity (Wildman–Crippen MR) is 82.7 cm³/mol. The molecular formula is C14H10FNO7S2. The second kappa shape index (κ2) is 5.31. The third kappa shape index (κ3) is 2.12. The summed E-state index contributed by atoms with van der Waals surface area (Å²) in [5, 5.41) is 21.1. The molecule has 0 spiro atoms. The summed E-state index contributed by atoms with van der Waals surface area (Å²) in [7, 11) is -10.2. The lowest BCUT2D eigenvalue weighted by Crippen LogP contribution is -2.42. The molecule has 1 N–H and O–H groups in total. The molecule has 11 heteroatoms. The van der Waals surface area contributed by atoms with Crippen molar-refractivity contribution in [3.05, 3.63) is 64.2 Å². The van der Waals surface area contributed by atoms with E-state index in [2.05, 4.69) is 0 Å². The van der Waals surface area contributed by atoms with Gasteiger partial charge in [0.1, 0.15) is 6.10 Å². The Morgan fingerprint density at radius 1 is 1.00 bits per heavy atom. The maximum absolute atomic E-state index is 15.5. The second-order valence-electron chi connectivity index (χ2n) is 5.29. The van der Waals surface area contributed by atoms with E-state index in [-0.39, 0.29) is 0 Å². The highest BCUT2D eigenvalue weighted by molar-refractivity contribution is 8.12. The summed E-state index contributed by atoms with van der Waals surface area (Å²) in [4.78, 5) is 8.44. The molecule has 1 heterocycles. The van der Waals surface area contributed by atoms with E-state index in [0.717, 1.165) is 36.4 Å². The lowest BCUT2D eigenvalue weighted by Gasteiger charge is -2.24. The highest BCUT2D eigenvalue weighted by Gasteiger charge is 2.68. The minimum Gasteiger partial charge on any atom is -0.383 e. The Labute approximate surface area is 141 Å². The molecule has 0 saturated heterocycles. The van der Waals surface area contributed by atoms with Crippen LogP contribution in [0, 0.1) is 10.1 Å². The molecule has 0 saturated carbocycles. The lowest BCUT2D eigenvalue weighted by atomic mass is 10.1. The Hall–Kier alpha value is -2.37. The first kappa shape index (κ1) is 17.5. The van der Waals surface area contributed by atoms with E-state index >= 15 is 4.39 Å². The number of nitro groups is 1. The van der Waals surface area contributed by atoms with E-state index in [1.165, 1.54) is 12.1 Å². The molecule has 2 aromatic carbocycles. The van der Waals surface area contributed by atoms with Crippen molar-refractivity contribution in [2.24, 2.45) is 0 Å². The number of sulfone groups is 2. The van der Waals surface area contributed by atoms with Gasteiger partial charge in [0, 0.05) is 12.1 Å². The minimum absolute atomic E-state index is 0.545. The molecule has 25 heavy (non-hydrogen) atoms. The summed E-state index contributed by atoms with van der Waals surface area (Å²) in [6, 6.07) is 8.13. The molecule has 3 rings (SSSR count). The van der Waals surface area contributed by atoms with Gasteiger partial charge in [-0.05, 0) is 17.7 Å². The van der Waals surface area contributed by atoms with Gasteiger partial charge in [0.05, 0.1) is 14.7 Å². The molecule has 1 unspecified atom stereocenters. The number of benzene rings is 2. The first-order chi connectivity index (χ1) is 11.5. The first-order valence-corrected chi connectivity index (χ1v) is 9.71. The van der Waals surface area contributed by atoms with Gasteiger partial charge >= 0.3 is 4.33 Å². The third-order valence-electron chi connectivity index (χ3n) is 3.88. The fourth-order valence-corrected chi connectivity index (χ4v) is 7.63. The Morgan fingerprint density at radius 2 is 1.52 bits per heavy atom. The van der Waals surface area contributed by atoms with Crippen LogP contribution in [0.15, 0.2) is 58.3 Å². The standard InChI is InChI=1S/C14H10FNO7S2/c15-14(13(17)9-4-3-5-10(8-9)16(18)19)24(20,21)11-6-1-2-7-12(11)25(14,22)23/h1-8,13,17H. The quantitative estimate of drug-likeness (QED) is 0.624. The third-order valence-corrected chi connectivity index (χ3v) is 9.11. The van der Waals surface area contributed by atoms with Crippen molar-refractivity contribution >= 4 is 25.4 Å². The second-order valence-corrected chi connectivity index (χ2v) is 9.63. The molecule has 8 nitrogen and oxygen atoms in total. The predicted octanol–water partition coefficient (Wildman–Crippen LogP) is 1.51. The summed E-state index contributed by atoms with van der Waals surface area (Å²) in [5.74, 6) is 0. The van der Waals surface area contributed by atoms with Crippen LogP contribution < -0.4 is 0 Å². The van der Waals surface area contributed by atoms with E-state index in [0.29, 0.717) is 0 Å². The fourth-order valence-electron chi connectivity index (χ4n) is 2.64. The number of fused-ring (bicyclic) bond motifs is 1. The van der Waals surface area contributed by atoms with Gasteiger partial charge in [-0.15, -0.1) is 0 Å². The lowest BCUT2D eigenvalue weighted by molar-refractivity contribution is -0.385. The van der Waals surface area contributed by atoms with Gasteiger partial charge in [-0.25, -0.2) is 21.2 Å². The molecule has 0 radical (unpaired) electrons. The maximum atomic E-state index is 15.5. The van der Waals surface area contributed by atoms with Crippen molar-refractivity contribution in [2.45, 2.75) is 20.2 Å². The zero-order chi connectivity index (χ0) is 18.6. The van der Waals surface area contributed by atoms with Crippen LogP contribution in [0.3, 0.4) is 0 Å². The Balaban J connectivity index is 2.26. The van der Waals surface area contributed by atoms with Gasteiger partial charge in [-0.3, -0.25) is 10.1 Å². The molecule has 0 amide bonds. The number of halogens is 1. The van der Waals surface area contributed by atoms with Crippen LogP contribution >= 0.6 is 0 Å². The van der Waals surface area contributed by atoms with Crippen molar-refractivity contribution in [3.63, 3.8) is 0 Å². The van der Waals surface area contributed by atoms with Crippen molar-refractivity contribution < 1.29 is 31.3 Å². The smallest absolute Gasteiger partial charge is 0.346 e. The van der Waals surface area contributed by atoms with Gasteiger partial charge in [-0.2, -0.15) is 0 Å². The van der Waals surface area contributed by atoms with Crippen LogP contribution in [0.25, 0.3) is 0 Å². The number of hydrogen-bond donors (Lipinski definition) is 1. The number of hydrogen-bond acceptors (Lipinski definition) is 7. The van der Waals surface area contributed by atoms with Crippen LogP contribution in [-0.4, -0.2) is 31.2 Å². The zero-order valence-corrected chi connectivity index (χ0v) is 13.9. The number of non-ortho nitro benzene ring substituents is 1. The van der Waals surface area contributed by atoms with E-state index in [1.807, 2.05) is 0 Å². The highest BCUT2D eigenvalue weighted by atomic mass is 32.3. The minimum atomic E-state index is -5.11. The van der Waals surface area contributed by atoms with Crippen molar-refractivity contribution in [3.8, 4) is 0 Å². The summed E-state index contributed by atoms with van der Waals surface area (Å²) in [6.07, 6.45) is -2.67. The summed E-state index contributed by atoms with van der Waals surface area (Å²) in [5.41, 5.74) is -1.10. The molecule has 2 aromatic rings. The van der Waals surface area contributed by atoms with Crippen molar-refractivity contribution in [1.29, 1.82) is 0 Å². The van der Waals surface area contributed by atoms with Gasteiger partial charge in [0.2, 0.25) is 19.7 Å². The SMILES string of the molecule is O=[N+]([O-])c1cccc(C(O)C2(F)S(=O)(=O)c3ccccc3S2(=O)=O)c1. The van der Waals surface area contributed by atoms with Crippen molar-refractivity contribution in [1.82, 2.24) is 0 Å². The number of nitrogens with zero attached hydrogens (tertiary/aromatic N) is 1. The van der Waals surface area contributed by atoms with E-state index < -0.39 is 56.1 Å². The summed E-state index contributed by atoms with van der Waals surface area (Å²) in [6.45, 7) is 0. The Morgan fingerprint density at radius 3 is 2.00 bits per heavy atom. The number of aliphatic hydroxyl groups is 1. The molecule has 0 aromatic heterocycles. The van der Waals surface area contributed by atoms with Gasteiger partial charge < -0.3 is 5.11 Å². The molecule has 0 fully saturated rings. The molecule has 132 valence electrons. The topological polar surface area (TPSA) is 132 Å². The molecule has 1 aliphatic heterocycles. The number of aliphatic hydroxyl groups excluding tert-OH is 1. The molecule has 1 atom stereocenters. The van der Waals surface area contributed by atoms with Crippen LogP contribution in [0.4, 0.5) is 10.1 Å². The van der Waals surface area contributed by atoms with Crippen LogP contribution in [0.5, 0.6) is 0 Å². The summed E-state index contributed by atoms with van der Waals surface area (Å²) >= 11 is 0. The number of rotatable bonds is 3. The highest BCUT2D eigenvalue weighted by Crippen LogP contribution is 2.52. The van der Waals surface area contributed by atoms with Crippen molar-refractivity contribution in [2.75, 3.05) is 0 Å². The molecular weight excluding hydrogens is 377 g/mol. The molecule has 1 aliphatic rings. The molecule has 0 bridgehead atoms. The van der Waals surface area contributed by atoms with E-state index in [4.69, 9.17) is 0 Å². The monoisotopic (exact) mass is 387 g/mol. The largest absolute Gasteiger partial charge is 0.383 e. The Bertz CT molecular complexity index is 1040. The van der Waals surface area contributed by atoms with Gasteiger partial charge in [0.25, 0.3) is 5.69 Å². The van der Waals surface area contributed by atoms with Crippen LogP contribution in [0.2, 0.25) is 0 Å². The average molecular weight is 387 g/mol. The summed E-state index contributed by atoms with van der Waals surface area (Å²) < 4.78 is 61.4. The fraction of sp³-hybridized carbons (Fsp3) is 0.143. The van der Waals surface area contributed by atoms with Gasteiger partial charge in [0.15, 0.2) is 0 Å². The average Bonchev–Trinajstić information content (AvgIpc) is 2.71. The van der Waals surface area contributed by atoms with Gasteiger partial charge in [-0.1, -0.05) is 24.3 Å². The van der Waals surface area contributed by atoms with E-state index in [1.54, 1.807) is 0 Å². The first-order valence-electron chi connectivity index (χ1n) is 6.75. The Kier molecular flexibility index (Phi) is 3.71. The van der Waals surface area contributed by atoms with Crippen LogP contribution in [0.1, 0.15) is 11.7 Å². The number of alkyl halides is 1. The van der Waals surface area contributed by atoms with Crippen LogP contribution in [-0.2, 0) is 19.7 Å².